The maximum atomic E-state index is 6.31. The first-order valence-corrected chi connectivity index (χ1v) is 6.51. The van der Waals surface area contributed by atoms with Gasteiger partial charge < -0.3 is 0 Å². The van der Waals surface area contributed by atoms with Crippen molar-refractivity contribution >= 4 is 22.4 Å². The van der Waals surface area contributed by atoms with Crippen LogP contribution >= 0.6 is 11.6 Å². The number of fused-ring (bicyclic) bond motifs is 2. The average molecular weight is 251 g/mol. The molecule has 18 heavy (non-hydrogen) atoms. The molecule has 0 bridgehead atoms. The van der Waals surface area contributed by atoms with Crippen LogP contribution in [0.5, 0.6) is 0 Å². The zero-order valence-electron chi connectivity index (χ0n) is 9.78. The Balaban J connectivity index is 2.22. The SMILES string of the molecule is Clc1ccc2c3c(cccc13)-c1ccccc1C2. The third-order valence-electron chi connectivity index (χ3n) is 3.76. The highest BCUT2D eigenvalue weighted by molar-refractivity contribution is 6.36. The molecule has 0 atom stereocenters. The van der Waals surface area contributed by atoms with Gasteiger partial charge in [-0.2, -0.15) is 0 Å². The van der Waals surface area contributed by atoms with E-state index in [-0.39, 0.29) is 0 Å². The summed E-state index contributed by atoms with van der Waals surface area (Å²) in [6, 6.07) is 19.2. The molecule has 0 heterocycles. The summed E-state index contributed by atoms with van der Waals surface area (Å²) in [6.45, 7) is 0. The molecule has 0 unspecified atom stereocenters. The molecular formula is C17H11Cl. The summed E-state index contributed by atoms with van der Waals surface area (Å²) < 4.78 is 0. The normalized spacial score (nSPS) is 12.5. The van der Waals surface area contributed by atoms with Crippen molar-refractivity contribution in [1.82, 2.24) is 0 Å². The highest BCUT2D eigenvalue weighted by Gasteiger charge is 2.18. The fourth-order valence-electron chi connectivity index (χ4n) is 2.96. The molecule has 86 valence electrons. The van der Waals surface area contributed by atoms with E-state index in [0.717, 1.165) is 11.4 Å². The number of rotatable bonds is 0. The molecule has 0 amide bonds. The van der Waals surface area contributed by atoms with Crippen LogP contribution in [-0.2, 0) is 6.42 Å². The van der Waals surface area contributed by atoms with Crippen molar-refractivity contribution in [3.8, 4) is 11.1 Å². The third-order valence-corrected chi connectivity index (χ3v) is 4.09. The molecule has 3 aromatic rings. The molecule has 0 saturated carbocycles. The summed E-state index contributed by atoms with van der Waals surface area (Å²) in [4.78, 5) is 0. The minimum atomic E-state index is 0.843. The van der Waals surface area contributed by atoms with Crippen molar-refractivity contribution in [2.24, 2.45) is 0 Å². The van der Waals surface area contributed by atoms with E-state index in [9.17, 15) is 0 Å². The lowest BCUT2D eigenvalue weighted by Gasteiger charge is -2.21. The van der Waals surface area contributed by atoms with E-state index in [0.29, 0.717) is 0 Å². The Labute approximate surface area is 111 Å². The van der Waals surface area contributed by atoms with E-state index in [1.54, 1.807) is 0 Å². The van der Waals surface area contributed by atoms with Gasteiger partial charge in [0.05, 0.1) is 0 Å². The molecular weight excluding hydrogens is 240 g/mol. The number of benzene rings is 3. The lowest BCUT2D eigenvalue weighted by molar-refractivity contribution is 1.20. The van der Waals surface area contributed by atoms with Gasteiger partial charge in [0.25, 0.3) is 0 Å². The highest BCUT2D eigenvalue weighted by atomic mass is 35.5. The quantitative estimate of drug-likeness (QED) is 0.409. The van der Waals surface area contributed by atoms with Crippen LogP contribution in [0.2, 0.25) is 5.02 Å². The highest BCUT2D eigenvalue weighted by Crippen LogP contribution is 2.41. The summed E-state index contributed by atoms with van der Waals surface area (Å²) in [5.41, 5.74) is 5.44. The maximum absolute atomic E-state index is 6.31. The first-order chi connectivity index (χ1) is 8.84. The predicted octanol–water partition coefficient (Wildman–Crippen LogP) is 5.06. The predicted molar refractivity (Wildman–Crippen MR) is 77.2 cm³/mol. The zero-order chi connectivity index (χ0) is 12.1. The fourth-order valence-corrected chi connectivity index (χ4v) is 3.18. The summed E-state index contributed by atoms with van der Waals surface area (Å²) in [5, 5.41) is 3.33. The van der Waals surface area contributed by atoms with E-state index in [1.165, 1.54) is 33.0 Å². The van der Waals surface area contributed by atoms with Gasteiger partial charge in [0.2, 0.25) is 0 Å². The summed E-state index contributed by atoms with van der Waals surface area (Å²) in [7, 11) is 0. The molecule has 1 aliphatic carbocycles. The van der Waals surface area contributed by atoms with Crippen LogP contribution in [0.15, 0.2) is 54.6 Å². The first kappa shape index (κ1) is 10.2. The molecule has 0 fully saturated rings. The van der Waals surface area contributed by atoms with Crippen molar-refractivity contribution in [3.63, 3.8) is 0 Å². The summed E-state index contributed by atoms with van der Waals surface area (Å²) in [5.74, 6) is 0. The minimum Gasteiger partial charge on any atom is -0.0837 e. The topological polar surface area (TPSA) is 0 Å². The molecule has 4 rings (SSSR count). The van der Waals surface area contributed by atoms with Gasteiger partial charge in [-0.15, -0.1) is 0 Å². The van der Waals surface area contributed by atoms with Crippen LogP contribution in [0.1, 0.15) is 11.1 Å². The Morgan fingerprint density at radius 1 is 0.722 bits per heavy atom. The van der Waals surface area contributed by atoms with Gasteiger partial charge in [-0.25, -0.2) is 0 Å². The van der Waals surface area contributed by atoms with Crippen molar-refractivity contribution in [2.75, 3.05) is 0 Å². The smallest absolute Gasteiger partial charge is 0.0484 e. The molecule has 0 saturated heterocycles. The van der Waals surface area contributed by atoms with Crippen LogP contribution in [0.4, 0.5) is 0 Å². The largest absolute Gasteiger partial charge is 0.0837 e. The fraction of sp³-hybridized carbons (Fsp3) is 0.0588. The Morgan fingerprint density at radius 2 is 1.56 bits per heavy atom. The van der Waals surface area contributed by atoms with E-state index in [2.05, 4.69) is 48.5 Å². The van der Waals surface area contributed by atoms with Gasteiger partial charge in [-0.3, -0.25) is 0 Å². The van der Waals surface area contributed by atoms with Crippen LogP contribution < -0.4 is 0 Å². The Morgan fingerprint density at radius 3 is 2.50 bits per heavy atom. The maximum Gasteiger partial charge on any atom is 0.0484 e. The second-order valence-electron chi connectivity index (χ2n) is 4.77. The minimum absolute atomic E-state index is 0.843. The van der Waals surface area contributed by atoms with E-state index in [4.69, 9.17) is 11.6 Å². The Bertz CT molecular complexity index is 772. The molecule has 0 aromatic heterocycles. The standard InChI is InChI=1S/C17H11Cl/c18-16-9-8-12-10-11-4-1-2-5-13(11)14-6-3-7-15(16)17(12)14/h1-9H,10H2. The second kappa shape index (κ2) is 3.60. The summed E-state index contributed by atoms with van der Waals surface area (Å²) in [6.07, 6.45) is 1.00. The molecule has 3 aromatic carbocycles. The molecule has 1 aliphatic rings. The van der Waals surface area contributed by atoms with Crippen molar-refractivity contribution in [1.29, 1.82) is 0 Å². The first-order valence-electron chi connectivity index (χ1n) is 6.13. The second-order valence-corrected chi connectivity index (χ2v) is 5.18. The van der Waals surface area contributed by atoms with Gasteiger partial charge in [0, 0.05) is 10.4 Å². The van der Waals surface area contributed by atoms with Gasteiger partial charge in [0.1, 0.15) is 0 Å². The molecule has 1 heteroatoms. The number of hydrogen-bond donors (Lipinski definition) is 0. The van der Waals surface area contributed by atoms with Crippen LogP contribution in [-0.4, -0.2) is 0 Å². The van der Waals surface area contributed by atoms with E-state index < -0.39 is 0 Å². The number of hydrogen-bond acceptors (Lipinski definition) is 0. The third kappa shape index (κ3) is 1.27. The van der Waals surface area contributed by atoms with Crippen molar-refractivity contribution < 1.29 is 0 Å². The lowest BCUT2D eigenvalue weighted by atomic mass is 9.84. The van der Waals surface area contributed by atoms with Crippen molar-refractivity contribution in [3.05, 3.63) is 70.7 Å². The average Bonchev–Trinajstić information content (AvgIpc) is 2.43. The van der Waals surface area contributed by atoms with Gasteiger partial charge in [-0.1, -0.05) is 60.1 Å². The molecule has 0 spiro atoms. The molecule has 0 nitrogen and oxygen atoms in total. The van der Waals surface area contributed by atoms with E-state index >= 15 is 0 Å². The van der Waals surface area contributed by atoms with Crippen LogP contribution in [0, 0.1) is 0 Å². The molecule has 0 radical (unpaired) electrons. The summed E-state index contributed by atoms with van der Waals surface area (Å²) >= 11 is 6.31. The Hall–Kier alpha value is -1.79. The molecule has 0 N–H and O–H groups in total. The van der Waals surface area contributed by atoms with E-state index in [1.807, 2.05) is 6.07 Å². The van der Waals surface area contributed by atoms with Crippen LogP contribution in [0.3, 0.4) is 0 Å². The monoisotopic (exact) mass is 250 g/mol. The van der Waals surface area contributed by atoms with Gasteiger partial charge in [-0.05, 0) is 40.1 Å². The number of halogens is 1. The zero-order valence-corrected chi connectivity index (χ0v) is 10.5. The van der Waals surface area contributed by atoms with Gasteiger partial charge in [0.15, 0.2) is 0 Å². The lowest BCUT2D eigenvalue weighted by Crippen LogP contribution is -2.00. The Kier molecular flexibility index (Phi) is 2.03. The van der Waals surface area contributed by atoms with Crippen LogP contribution in [0.25, 0.3) is 21.9 Å². The molecule has 0 aliphatic heterocycles. The van der Waals surface area contributed by atoms with Crippen molar-refractivity contribution in [2.45, 2.75) is 6.42 Å². The van der Waals surface area contributed by atoms with Gasteiger partial charge >= 0.3 is 0 Å².